The molecule has 4 nitrogen and oxygen atoms in total. The highest BCUT2D eigenvalue weighted by Crippen LogP contribution is 2.38. The quantitative estimate of drug-likeness (QED) is 0.767. The fourth-order valence-corrected chi connectivity index (χ4v) is 2.87. The molecule has 4 heteroatoms. The van der Waals surface area contributed by atoms with Crippen molar-refractivity contribution < 1.29 is 10.3 Å². The van der Waals surface area contributed by atoms with Crippen LogP contribution in [0.4, 0.5) is 0 Å². The molecule has 1 heterocycles. The summed E-state index contributed by atoms with van der Waals surface area (Å²) in [4.78, 5) is 2.19. The maximum atomic E-state index is 10.2. The Morgan fingerprint density at radius 1 is 1.19 bits per heavy atom. The lowest BCUT2D eigenvalue weighted by Gasteiger charge is -2.53. The summed E-state index contributed by atoms with van der Waals surface area (Å²) in [6.45, 7) is 9.14. The Hall–Kier alpha value is -0.160. The highest BCUT2D eigenvalue weighted by atomic mass is 16.5. The second kappa shape index (κ2) is 4.61. The Kier molecular flexibility index (Phi) is 4.00. The molecule has 1 rings (SSSR count). The first-order valence-corrected chi connectivity index (χ1v) is 6.01. The van der Waals surface area contributed by atoms with Crippen LogP contribution >= 0.6 is 0 Å². The molecule has 0 amide bonds. The van der Waals surface area contributed by atoms with E-state index in [1.807, 2.05) is 7.05 Å². The molecule has 1 aliphatic rings. The van der Waals surface area contributed by atoms with E-state index < -0.39 is 0 Å². The molecule has 0 atom stereocenters. The van der Waals surface area contributed by atoms with Crippen molar-refractivity contribution in [2.75, 3.05) is 20.2 Å². The van der Waals surface area contributed by atoms with E-state index in [1.54, 1.807) is 0 Å². The Morgan fingerprint density at radius 2 is 1.62 bits per heavy atom. The first kappa shape index (κ1) is 13.9. The Morgan fingerprint density at radius 3 is 2.00 bits per heavy atom. The average molecular weight is 230 g/mol. The standard InChI is InChI=1S/C12H26N2O2/c1-11(2)8-10(13(5)6-7-15)9-12(3,4)14(11)16/h10,15-16H,6-9H2,1-5H3. The summed E-state index contributed by atoms with van der Waals surface area (Å²) in [5.41, 5.74) is -0.424. The van der Waals surface area contributed by atoms with Gasteiger partial charge in [0.25, 0.3) is 0 Å². The van der Waals surface area contributed by atoms with Gasteiger partial charge in [0.2, 0.25) is 0 Å². The molecule has 0 unspecified atom stereocenters. The van der Waals surface area contributed by atoms with Crippen LogP contribution in [-0.2, 0) is 0 Å². The third-order valence-electron chi connectivity index (χ3n) is 3.69. The van der Waals surface area contributed by atoms with Crippen molar-refractivity contribution in [3.8, 4) is 0 Å². The van der Waals surface area contributed by atoms with E-state index in [0.717, 1.165) is 12.8 Å². The highest BCUT2D eigenvalue weighted by Gasteiger charge is 2.45. The zero-order valence-electron chi connectivity index (χ0n) is 11.2. The van der Waals surface area contributed by atoms with Gasteiger partial charge < -0.3 is 15.2 Å². The number of piperidine rings is 1. The summed E-state index contributed by atoms with van der Waals surface area (Å²) in [5.74, 6) is 0. The van der Waals surface area contributed by atoms with Crippen molar-refractivity contribution in [1.82, 2.24) is 9.96 Å². The Bertz CT molecular complexity index is 223. The molecule has 96 valence electrons. The van der Waals surface area contributed by atoms with E-state index in [0.29, 0.717) is 12.6 Å². The summed E-state index contributed by atoms with van der Waals surface area (Å²) >= 11 is 0. The van der Waals surface area contributed by atoms with Gasteiger partial charge in [-0.1, -0.05) is 0 Å². The molecule has 0 radical (unpaired) electrons. The fourth-order valence-electron chi connectivity index (χ4n) is 2.87. The summed E-state index contributed by atoms with van der Waals surface area (Å²) in [6, 6.07) is 0.417. The van der Waals surface area contributed by atoms with E-state index in [2.05, 4.69) is 32.6 Å². The Labute approximate surface area is 98.8 Å². The zero-order chi connectivity index (χ0) is 12.6. The number of aliphatic hydroxyl groups excluding tert-OH is 1. The van der Waals surface area contributed by atoms with E-state index in [4.69, 9.17) is 5.11 Å². The maximum absolute atomic E-state index is 10.2. The van der Waals surface area contributed by atoms with Gasteiger partial charge in [0, 0.05) is 23.7 Å². The first-order chi connectivity index (χ1) is 7.20. The first-order valence-electron chi connectivity index (χ1n) is 6.01. The molecule has 0 aromatic heterocycles. The minimum absolute atomic E-state index is 0.191. The molecular weight excluding hydrogens is 204 g/mol. The molecule has 0 aromatic rings. The SMILES string of the molecule is CN(CCO)C1CC(C)(C)N(O)C(C)(C)C1. The molecular formula is C12H26N2O2. The van der Waals surface area contributed by atoms with Gasteiger partial charge in [-0.2, -0.15) is 5.06 Å². The number of hydroxylamine groups is 2. The molecule has 0 saturated carbocycles. The summed E-state index contributed by atoms with van der Waals surface area (Å²) in [6.07, 6.45) is 1.84. The number of hydrogen-bond acceptors (Lipinski definition) is 4. The van der Waals surface area contributed by atoms with Gasteiger partial charge in [0.1, 0.15) is 0 Å². The van der Waals surface area contributed by atoms with E-state index >= 15 is 0 Å². The lowest BCUT2D eigenvalue weighted by Crippen LogP contribution is -2.62. The molecule has 2 N–H and O–H groups in total. The van der Waals surface area contributed by atoms with Crippen molar-refractivity contribution in [3.05, 3.63) is 0 Å². The van der Waals surface area contributed by atoms with Crippen LogP contribution in [0.15, 0.2) is 0 Å². The van der Waals surface area contributed by atoms with Crippen LogP contribution in [0.2, 0.25) is 0 Å². The molecule has 1 saturated heterocycles. The van der Waals surface area contributed by atoms with Crippen LogP contribution in [0, 0.1) is 0 Å². The molecule has 0 bridgehead atoms. The number of likely N-dealkylation sites (N-methyl/N-ethyl adjacent to an activating group) is 1. The normalized spacial score (nSPS) is 26.2. The molecule has 0 spiro atoms. The number of rotatable bonds is 3. The van der Waals surface area contributed by atoms with Gasteiger partial charge in [-0.15, -0.1) is 0 Å². The zero-order valence-corrected chi connectivity index (χ0v) is 11.2. The summed E-state index contributed by atoms with van der Waals surface area (Å²) in [7, 11) is 2.04. The lowest BCUT2D eigenvalue weighted by atomic mass is 9.78. The number of hydrogen-bond donors (Lipinski definition) is 2. The highest BCUT2D eigenvalue weighted by molar-refractivity contribution is 4.98. The fraction of sp³-hybridized carbons (Fsp3) is 1.00. The van der Waals surface area contributed by atoms with Crippen molar-refractivity contribution >= 4 is 0 Å². The summed E-state index contributed by atoms with van der Waals surface area (Å²) < 4.78 is 0. The second-order valence-electron chi connectivity index (χ2n) is 6.20. The number of nitrogens with zero attached hydrogens (tertiary/aromatic N) is 2. The molecule has 0 aliphatic carbocycles. The van der Waals surface area contributed by atoms with Crippen LogP contribution in [0.5, 0.6) is 0 Å². The van der Waals surface area contributed by atoms with E-state index in [-0.39, 0.29) is 17.7 Å². The molecule has 1 aliphatic heterocycles. The van der Waals surface area contributed by atoms with Gasteiger partial charge in [0.05, 0.1) is 6.61 Å². The van der Waals surface area contributed by atoms with Crippen LogP contribution in [0.1, 0.15) is 40.5 Å². The predicted molar refractivity (Wildman–Crippen MR) is 64.5 cm³/mol. The topological polar surface area (TPSA) is 46.9 Å². The smallest absolute Gasteiger partial charge is 0.0558 e. The molecule has 16 heavy (non-hydrogen) atoms. The molecule has 0 aromatic carbocycles. The second-order valence-corrected chi connectivity index (χ2v) is 6.20. The van der Waals surface area contributed by atoms with Crippen LogP contribution in [0.25, 0.3) is 0 Å². The minimum atomic E-state index is -0.212. The van der Waals surface area contributed by atoms with Gasteiger partial charge >= 0.3 is 0 Å². The molecule has 1 fully saturated rings. The van der Waals surface area contributed by atoms with Crippen LogP contribution in [-0.4, -0.2) is 57.6 Å². The number of aliphatic hydroxyl groups is 1. The van der Waals surface area contributed by atoms with E-state index in [9.17, 15) is 5.21 Å². The Balaban J connectivity index is 2.78. The third-order valence-corrected chi connectivity index (χ3v) is 3.69. The monoisotopic (exact) mass is 230 g/mol. The minimum Gasteiger partial charge on any atom is -0.395 e. The van der Waals surface area contributed by atoms with Crippen molar-refractivity contribution in [2.45, 2.75) is 57.7 Å². The largest absolute Gasteiger partial charge is 0.395 e. The van der Waals surface area contributed by atoms with Crippen molar-refractivity contribution in [2.24, 2.45) is 0 Å². The van der Waals surface area contributed by atoms with Crippen LogP contribution < -0.4 is 0 Å². The maximum Gasteiger partial charge on any atom is 0.0558 e. The van der Waals surface area contributed by atoms with E-state index in [1.165, 1.54) is 5.06 Å². The lowest BCUT2D eigenvalue weighted by molar-refractivity contribution is -0.251. The average Bonchev–Trinajstić information content (AvgIpc) is 2.13. The predicted octanol–water partition coefficient (Wildman–Crippen LogP) is 1.32. The van der Waals surface area contributed by atoms with Gasteiger partial charge in [-0.25, -0.2) is 0 Å². The summed E-state index contributed by atoms with van der Waals surface area (Å²) in [5, 5.41) is 20.6. The van der Waals surface area contributed by atoms with Gasteiger partial charge in [-0.3, -0.25) is 0 Å². The van der Waals surface area contributed by atoms with Gasteiger partial charge in [-0.05, 0) is 47.6 Å². The van der Waals surface area contributed by atoms with Crippen molar-refractivity contribution in [1.29, 1.82) is 0 Å². The third kappa shape index (κ3) is 2.74. The van der Waals surface area contributed by atoms with Crippen molar-refractivity contribution in [3.63, 3.8) is 0 Å². The van der Waals surface area contributed by atoms with Gasteiger partial charge in [0.15, 0.2) is 0 Å². The van der Waals surface area contributed by atoms with Crippen LogP contribution in [0.3, 0.4) is 0 Å².